The van der Waals surface area contributed by atoms with Crippen molar-refractivity contribution >= 4 is 7.28 Å². The summed E-state index contributed by atoms with van der Waals surface area (Å²) in [5, 5.41) is 1.31. The van der Waals surface area contributed by atoms with Crippen LogP contribution in [0, 0.1) is 5.92 Å². The van der Waals surface area contributed by atoms with Crippen molar-refractivity contribution in [3.63, 3.8) is 0 Å². The molecule has 0 amide bonds. The highest BCUT2D eigenvalue weighted by molar-refractivity contribution is 6.44. The summed E-state index contributed by atoms with van der Waals surface area (Å²) in [7, 11) is 1.53. The standard InChI is InChI=1S/C19H37B/c1-17(2)19-15-11-6-4-5-9-13-18(3,20-19)14-10-7-8-12-16-19/h17,20H,4-16H2,1-3H3. The maximum Gasteiger partial charge on any atom is 0.135 e. The molecule has 0 spiro atoms. The Morgan fingerprint density at radius 2 is 1.05 bits per heavy atom. The highest BCUT2D eigenvalue weighted by atomic mass is 14.3. The van der Waals surface area contributed by atoms with Gasteiger partial charge in [0, 0.05) is 0 Å². The van der Waals surface area contributed by atoms with E-state index in [2.05, 4.69) is 20.8 Å². The Bertz CT molecular complexity index is 285. The van der Waals surface area contributed by atoms with E-state index in [1.807, 2.05) is 0 Å². The Kier molecular flexibility index (Phi) is 6.05. The van der Waals surface area contributed by atoms with Crippen molar-refractivity contribution in [3.8, 4) is 0 Å². The molecule has 0 aromatic heterocycles. The molecule has 0 radical (unpaired) electrons. The normalized spacial score (nSPS) is 37.4. The molecule has 2 atom stereocenters. The van der Waals surface area contributed by atoms with Crippen LogP contribution in [0.4, 0.5) is 0 Å². The summed E-state index contributed by atoms with van der Waals surface area (Å²) in [5.74, 6) is 0.874. The van der Waals surface area contributed by atoms with Crippen molar-refractivity contribution in [3.05, 3.63) is 0 Å². The summed E-state index contributed by atoms with van der Waals surface area (Å²) >= 11 is 0. The summed E-state index contributed by atoms with van der Waals surface area (Å²) in [4.78, 5) is 0. The van der Waals surface area contributed by atoms with Gasteiger partial charge in [-0.25, -0.2) is 0 Å². The van der Waals surface area contributed by atoms with Crippen LogP contribution in [0.2, 0.25) is 10.6 Å². The highest BCUT2D eigenvalue weighted by Gasteiger charge is 2.41. The SMILES string of the molecule is CC(C)C12BC(C)(CCCCCCC1)CCCCCC2. The van der Waals surface area contributed by atoms with Gasteiger partial charge < -0.3 is 0 Å². The molecule has 116 valence electrons. The zero-order valence-electron chi connectivity index (χ0n) is 14.5. The molecular formula is C19H37B. The number of rotatable bonds is 1. The van der Waals surface area contributed by atoms with Crippen LogP contribution in [-0.4, -0.2) is 7.28 Å². The topological polar surface area (TPSA) is 0 Å². The molecule has 2 fully saturated rings. The molecule has 0 N–H and O–H groups in total. The monoisotopic (exact) mass is 276 g/mol. The van der Waals surface area contributed by atoms with Crippen molar-refractivity contribution in [1.29, 1.82) is 0 Å². The minimum Gasteiger partial charge on any atom is -0.0665 e. The van der Waals surface area contributed by atoms with E-state index in [0.717, 1.165) is 5.92 Å². The Hall–Kier alpha value is 0.0649. The van der Waals surface area contributed by atoms with Crippen LogP contribution in [0.1, 0.15) is 104 Å². The molecule has 2 aliphatic heterocycles. The minimum atomic E-state index is 0.645. The van der Waals surface area contributed by atoms with Gasteiger partial charge in [-0.15, -0.1) is 0 Å². The van der Waals surface area contributed by atoms with E-state index in [9.17, 15) is 0 Å². The minimum absolute atomic E-state index is 0.645. The predicted octanol–water partition coefficient (Wildman–Crippen LogP) is 6.51. The first kappa shape index (κ1) is 16.4. The largest absolute Gasteiger partial charge is 0.135 e. The van der Waals surface area contributed by atoms with Gasteiger partial charge in [0.1, 0.15) is 7.28 Å². The molecule has 2 heterocycles. The summed E-state index contributed by atoms with van der Waals surface area (Å²) in [5.41, 5.74) is 0. The zero-order chi connectivity index (χ0) is 14.5. The second kappa shape index (κ2) is 7.36. The molecule has 2 aliphatic rings. The third kappa shape index (κ3) is 4.28. The third-order valence-electron chi connectivity index (χ3n) is 6.66. The van der Waals surface area contributed by atoms with Gasteiger partial charge in [0.25, 0.3) is 0 Å². The maximum absolute atomic E-state index is 2.64. The van der Waals surface area contributed by atoms with E-state index in [1.54, 1.807) is 0 Å². The van der Waals surface area contributed by atoms with Crippen molar-refractivity contribution in [2.45, 2.75) is 115 Å². The molecule has 2 bridgehead atoms. The van der Waals surface area contributed by atoms with Crippen molar-refractivity contribution < 1.29 is 0 Å². The lowest BCUT2D eigenvalue weighted by molar-refractivity contribution is 0.317. The molecular weight excluding hydrogens is 239 g/mol. The highest BCUT2D eigenvalue weighted by Crippen LogP contribution is 2.54. The first-order chi connectivity index (χ1) is 9.56. The molecule has 0 aliphatic carbocycles. The van der Waals surface area contributed by atoms with Crippen LogP contribution in [0.25, 0.3) is 0 Å². The molecule has 0 aromatic rings. The molecule has 20 heavy (non-hydrogen) atoms. The first-order valence-corrected chi connectivity index (χ1v) is 9.56. The average molecular weight is 276 g/mol. The van der Waals surface area contributed by atoms with E-state index < -0.39 is 0 Å². The van der Waals surface area contributed by atoms with E-state index in [1.165, 1.54) is 90.8 Å². The Morgan fingerprint density at radius 3 is 1.50 bits per heavy atom. The lowest BCUT2D eigenvalue weighted by Gasteiger charge is -2.44. The van der Waals surface area contributed by atoms with Crippen LogP contribution in [0.15, 0.2) is 0 Å². The van der Waals surface area contributed by atoms with Crippen molar-refractivity contribution in [2.75, 3.05) is 0 Å². The zero-order valence-corrected chi connectivity index (χ0v) is 14.5. The Balaban J connectivity index is 2.22. The second-order valence-corrected chi connectivity index (χ2v) is 8.69. The van der Waals surface area contributed by atoms with Gasteiger partial charge in [0.15, 0.2) is 0 Å². The van der Waals surface area contributed by atoms with Crippen molar-refractivity contribution in [1.82, 2.24) is 0 Å². The van der Waals surface area contributed by atoms with E-state index in [4.69, 9.17) is 0 Å². The van der Waals surface area contributed by atoms with Gasteiger partial charge in [0.2, 0.25) is 0 Å². The lowest BCUT2D eigenvalue weighted by Crippen LogP contribution is -2.34. The van der Waals surface area contributed by atoms with Crippen LogP contribution in [0.5, 0.6) is 0 Å². The quantitative estimate of drug-likeness (QED) is 0.478. The van der Waals surface area contributed by atoms with Crippen molar-refractivity contribution in [2.24, 2.45) is 5.92 Å². The van der Waals surface area contributed by atoms with Gasteiger partial charge in [0.05, 0.1) is 0 Å². The van der Waals surface area contributed by atoms with Crippen LogP contribution < -0.4 is 0 Å². The fourth-order valence-electron chi connectivity index (χ4n) is 5.18. The fourth-order valence-corrected chi connectivity index (χ4v) is 5.18. The average Bonchev–Trinajstić information content (AvgIpc) is 2.48. The summed E-state index contributed by atoms with van der Waals surface area (Å²) in [6.45, 7) is 7.67. The smallest absolute Gasteiger partial charge is 0.0665 e. The van der Waals surface area contributed by atoms with Gasteiger partial charge >= 0.3 is 0 Å². The summed E-state index contributed by atoms with van der Waals surface area (Å²) < 4.78 is 0. The van der Waals surface area contributed by atoms with Gasteiger partial charge in [-0.2, -0.15) is 0 Å². The molecule has 2 saturated heterocycles. The molecule has 0 aromatic carbocycles. The summed E-state index contributed by atoms with van der Waals surface area (Å²) in [6, 6.07) is 0. The predicted molar refractivity (Wildman–Crippen MR) is 93.1 cm³/mol. The van der Waals surface area contributed by atoms with Gasteiger partial charge in [-0.3, -0.25) is 0 Å². The van der Waals surface area contributed by atoms with Gasteiger partial charge in [-0.05, 0) is 5.92 Å². The second-order valence-electron chi connectivity index (χ2n) is 8.69. The molecule has 1 heteroatoms. The number of hydrogen-bond acceptors (Lipinski definition) is 0. The number of hydrogen-bond donors (Lipinski definition) is 0. The van der Waals surface area contributed by atoms with Crippen LogP contribution in [0.3, 0.4) is 0 Å². The third-order valence-corrected chi connectivity index (χ3v) is 6.66. The summed E-state index contributed by atoms with van der Waals surface area (Å²) in [6.07, 6.45) is 19.5. The van der Waals surface area contributed by atoms with E-state index in [-0.39, 0.29) is 0 Å². The van der Waals surface area contributed by atoms with E-state index in [0.29, 0.717) is 10.6 Å². The first-order valence-electron chi connectivity index (χ1n) is 9.56. The van der Waals surface area contributed by atoms with E-state index >= 15 is 0 Å². The molecule has 2 unspecified atom stereocenters. The fraction of sp³-hybridized carbons (Fsp3) is 1.00. The molecule has 2 rings (SSSR count). The number of fused-ring (bicyclic) bond motifs is 2. The molecule has 0 nitrogen and oxygen atoms in total. The maximum atomic E-state index is 2.64. The van der Waals surface area contributed by atoms with Crippen LogP contribution >= 0.6 is 0 Å². The van der Waals surface area contributed by atoms with Crippen LogP contribution in [-0.2, 0) is 0 Å². The lowest BCUT2D eigenvalue weighted by atomic mass is 9.33. The Labute approximate surface area is 128 Å². The molecule has 0 saturated carbocycles. The van der Waals surface area contributed by atoms with Gasteiger partial charge in [-0.1, -0.05) is 115 Å². The Morgan fingerprint density at radius 1 is 0.650 bits per heavy atom.